The first-order valence-electron chi connectivity index (χ1n) is 7.51. The van der Waals surface area contributed by atoms with Crippen molar-refractivity contribution in [1.29, 1.82) is 0 Å². The molecule has 118 valence electrons. The van der Waals surface area contributed by atoms with Crippen molar-refractivity contribution in [2.24, 2.45) is 5.92 Å². The zero-order valence-corrected chi connectivity index (χ0v) is 13.5. The number of rotatable bonds is 4. The van der Waals surface area contributed by atoms with Crippen LogP contribution in [-0.4, -0.2) is 11.8 Å². The molecule has 0 spiro atoms. The van der Waals surface area contributed by atoms with E-state index in [9.17, 15) is 9.59 Å². The Kier molecular flexibility index (Phi) is 4.35. The smallest absolute Gasteiger partial charge is 0.255 e. The molecule has 2 amide bonds. The minimum absolute atomic E-state index is 0.0523. The zero-order valence-electron chi connectivity index (χ0n) is 12.7. The van der Waals surface area contributed by atoms with Crippen molar-refractivity contribution in [2.75, 3.05) is 10.6 Å². The Labute approximate surface area is 139 Å². The Morgan fingerprint density at radius 3 is 2.26 bits per heavy atom. The maximum Gasteiger partial charge on any atom is 0.255 e. The molecule has 2 aromatic carbocycles. The fourth-order valence-corrected chi connectivity index (χ4v) is 2.35. The molecule has 1 aliphatic carbocycles. The molecule has 0 bridgehead atoms. The molecule has 2 aromatic rings. The molecular weight excluding hydrogens is 312 g/mol. The standard InChI is InChI=1S/C18H17ClN2O2/c1-11-2-7-15(10-16(11)19)21-18(23)13-5-8-14(9-6-13)20-17(22)12-3-4-12/h2,5-10,12H,3-4H2,1H3,(H,20,22)(H,21,23). The molecule has 0 saturated heterocycles. The SMILES string of the molecule is Cc1ccc(NC(=O)c2ccc(NC(=O)C3CC3)cc2)cc1Cl. The van der Waals surface area contributed by atoms with Gasteiger partial charge in [-0.15, -0.1) is 0 Å². The normalized spacial score (nSPS) is 13.5. The molecule has 0 radical (unpaired) electrons. The third-order valence-electron chi connectivity index (χ3n) is 3.79. The number of carbonyl (C=O) groups is 2. The van der Waals surface area contributed by atoms with E-state index >= 15 is 0 Å². The van der Waals surface area contributed by atoms with Crippen LogP contribution in [0.1, 0.15) is 28.8 Å². The summed E-state index contributed by atoms with van der Waals surface area (Å²) in [5.41, 5.74) is 2.83. The monoisotopic (exact) mass is 328 g/mol. The van der Waals surface area contributed by atoms with Crippen LogP contribution >= 0.6 is 11.6 Å². The average Bonchev–Trinajstić information content (AvgIpc) is 3.36. The van der Waals surface area contributed by atoms with Crippen molar-refractivity contribution in [3.8, 4) is 0 Å². The number of amides is 2. The van der Waals surface area contributed by atoms with Gasteiger partial charge in [0, 0.05) is 27.9 Å². The summed E-state index contributed by atoms with van der Waals surface area (Å²) in [5, 5.41) is 6.26. The number of halogens is 1. The molecule has 0 aromatic heterocycles. The summed E-state index contributed by atoms with van der Waals surface area (Å²) in [6.07, 6.45) is 1.93. The molecule has 4 nitrogen and oxygen atoms in total. The van der Waals surface area contributed by atoms with Gasteiger partial charge in [0.15, 0.2) is 0 Å². The van der Waals surface area contributed by atoms with E-state index in [1.807, 2.05) is 19.1 Å². The van der Waals surface area contributed by atoms with Gasteiger partial charge in [-0.25, -0.2) is 0 Å². The third-order valence-corrected chi connectivity index (χ3v) is 4.20. The van der Waals surface area contributed by atoms with Gasteiger partial charge in [0.1, 0.15) is 0 Å². The molecule has 1 fully saturated rings. The van der Waals surface area contributed by atoms with Gasteiger partial charge < -0.3 is 10.6 Å². The second-order valence-electron chi connectivity index (χ2n) is 5.76. The van der Waals surface area contributed by atoms with E-state index in [0.29, 0.717) is 22.0 Å². The largest absolute Gasteiger partial charge is 0.326 e. The molecule has 2 N–H and O–H groups in total. The minimum atomic E-state index is -0.218. The lowest BCUT2D eigenvalue weighted by Crippen LogP contribution is -2.14. The molecule has 0 heterocycles. The first-order chi connectivity index (χ1) is 11.0. The third kappa shape index (κ3) is 3.90. The van der Waals surface area contributed by atoms with Crippen LogP contribution in [0.5, 0.6) is 0 Å². The van der Waals surface area contributed by atoms with Crippen molar-refractivity contribution in [1.82, 2.24) is 0 Å². The topological polar surface area (TPSA) is 58.2 Å². The number of nitrogens with one attached hydrogen (secondary N) is 2. The van der Waals surface area contributed by atoms with E-state index < -0.39 is 0 Å². The molecule has 0 atom stereocenters. The molecular formula is C18H17ClN2O2. The summed E-state index contributed by atoms with van der Waals surface area (Å²) in [5.74, 6) is -0.00857. The summed E-state index contributed by atoms with van der Waals surface area (Å²) < 4.78 is 0. The molecule has 23 heavy (non-hydrogen) atoms. The summed E-state index contributed by atoms with van der Waals surface area (Å²) >= 11 is 6.05. The average molecular weight is 329 g/mol. The summed E-state index contributed by atoms with van der Waals surface area (Å²) in [6, 6.07) is 12.2. The number of anilines is 2. The van der Waals surface area contributed by atoms with Crippen molar-refractivity contribution in [2.45, 2.75) is 19.8 Å². The minimum Gasteiger partial charge on any atom is -0.326 e. The lowest BCUT2D eigenvalue weighted by molar-refractivity contribution is -0.117. The van der Waals surface area contributed by atoms with Crippen molar-refractivity contribution >= 4 is 34.8 Å². The van der Waals surface area contributed by atoms with Crippen LogP contribution in [0.2, 0.25) is 5.02 Å². The number of hydrogen-bond acceptors (Lipinski definition) is 2. The maximum absolute atomic E-state index is 12.2. The van der Waals surface area contributed by atoms with E-state index in [-0.39, 0.29) is 17.7 Å². The number of hydrogen-bond donors (Lipinski definition) is 2. The molecule has 5 heteroatoms. The van der Waals surface area contributed by atoms with Gasteiger partial charge in [0.25, 0.3) is 5.91 Å². The predicted octanol–water partition coefficient (Wildman–Crippen LogP) is 4.25. The number of aryl methyl sites for hydroxylation is 1. The van der Waals surface area contributed by atoms with Crippen LogP contribution in [0.4, 0.5) is 11.4 Å². The Bertz CT molecular complexity index is 752. The lowest BCUT2D eigenvalue weighted by atomic mass is 10.1. The van der Waals surface area contributed by atoms with Crippen LogP contribution in [0.3, 0.4) is 0 Å². The zero-order chi connectivity index (χ0) is 16.4. The molecule has 1 saturated carbocycles. The molecule has 0 aliphatic heterocycles. The van der Waals surface area contributed by atoms with Crippen molar-refractivity contribution < 1.29 is 9.59 Å². The van der Waals surface area contributed by atoms with Gasteiger partial charge in [-0.1, -0.05) is 17.7 Å². The fourth-order valence-electron chi connectivity index (χ4n) is 2.17. The maximum atomic E-state index is 12.2. The highest BCUT2D eigenvalue weighted by atomic mass is 35.5. The fraction of sp³-hybridized carbons (Fsp3) is 0.222. The summed E-state index contributed by atoms with van der Waals surface area (Å²) in [6.45, 7) is 1.91. The van der Waals surface area contributed by atoms with Crippen LogP contribution in [-0.2, 0) is 4.79 Å². The van der Waals surface area contributed by atoms with Crippen LogP contribution in [0.15, 0.2) is 42.5 Å². The Morgan fingerprint density at radius 2 is 1.65 bits per heavy atom. The van der Waals surface area contributed by atoms with Gasteiger partial charge in [-0.2, -0.15) is 0 Å². The first kappa shape index (κ1) is 15.6. The van der Waals surface area contributed by atoms with Gasteiger partial charge in [-0.05, 0) is 61.7 Å². The number of benzene rings is 2. The highest BCUT2D eigenvalue weighted by Crippen LogP contribution is 2.30. The van der Waals surface area contributed by atoms with Gasteiger partial charge in [-0.3, -0.25) is 9.59 Å². The van der Waals surface area contributed by atoms with Crippen molar-refractivity contribution in [3.63, 3.8) is 0 Å². The lowest BCUT2D eigenvalue weighted by Gasteiger charge is -2.08. The van der Waals surface area contributed by atoms with E-state index in [1.54, 1.807) is 30.3 Å². The summed E-state index contributed by atoms with van der Waals surface area (Å²) in [4.78, 5) is 23.9. The van der Waals surface area contributed by atoms with Gasteiger partial charge >= 0.3 is 0 Å². The van der Waals surface area contributed by atoms with Gasteiger partial charge in [0.05, 0.1) is 0 Å². The molecule has 3 rings (SSSR count). The number of carbonyl (C=O) groups excluding carboxylic acids is 2. The Hall–Kier alpha value is -2.33. The van der Waals surface area contributed by atoms with Crippen LogP contribution in [0.25, 0.3) is 0 Å². The Balaban J connectivity index is 1.64. The predicted molar refractivity (Wildman–Crippen MR) is 91.9 cm³/mol. The van der Waals surface area contributed by atoms with Crippen molar-refractivity contribution in [3.05, 3.63) is 58.6 Å². The quantitative estimate of drug-likeness (QED) is 0.881. The highest BCUT2D eigenvalue weighted by molar-refractivity contribution is 6.31. The van der Waals surface area contributed by atoms with Crippen LogP contribution in [0, 0.1) is 12.8 Å². The van der Waals surface area contributed by atoms with E-state index in [2.05, 4.69) is 10.6 Å². The van der Waals surface area contributed by atoms with Crippen LogP contribution < -0.4 is 10.6 Å². The molecule has 1 aliphatic rings. The second kappa shape index (κ2) is 6.42. The van der Waals surface area contributed by atoms with E-state index in [0.717, 1.165) is 18.4 Å². The highest BCUT2D eigenvalue weighted by Gasteiger charge is 2.29. The van der Waals surface area contributed by atoms with Gasteiger partial charge in [0.2, 0.25) is 5.91 Å². The van der Waals surface area contributed by atoms with E-state index in [4.69, 9.17) is 11.6 Å². The summed E-state index contributed by atoms with van der Waals surface area (Å²) in [7, 11) is 0. The molecule has 0 unspecified atom stereocenters. The first-order valence-corrected chi connectivity index (χ1v) is 7.89. The second-order valence-corrected chi connectivity index (χ2v) is 6.17. The van der Waals surface area contributed by atoms with E-state index in [1.165, 1.54) is 0 Å². The Morgan fingerprint density at radius 1 is 1.00 bits per heavy atom.